The summed E-state index contributed by atoms with van der Waals surface area (Å²) >= 11 is 6.05. The monoisotopic (exact) mass is 402 g/mol. The first-order chi connectivity index (χ1) is 13.5. The van der Waals surface area contributed by atoms with E-state index >= 15 is 0 Å². The largest absolute Gasteiger partial charge is 0.365 e. The molecule has 1 aliphatic rings. The molecule has 0 bridgehead atoms. The third-order valence-corrected chi connectivity index (χ3v) is 5.11. The van der Waals surface area contributed by atoms with Crippen LogP contribution < -0.4 is 10.6 Å². The van der Waals surface area contributed by atoms with Gasteiger partial charge in [-0.05, 0) is 31.7 Å². The van der Waals surface area contributed by atoms with E-state index in [-0.39, 0.29) is 23.8 Å². The molecule has 1 aliphatic carbocycles. The van der Waals surface area contributed by atoms with E-state index in [1.165, 1.54) is 6.92 Å². The molecule has 0 spiro atoms. The SMILES string of the molecule is CC(=O)N[C@H]1CCC[C@@H](Nc2nc(-c3c[nH]c4ncc(Cl)cc34)ncc2F)C1. The molecule has 9 heteroatoms. The molecule has 0 aliphatic heterocycles. The number of fused-ring (bicyclic) bond motifs is 1. The van der Waals surface area contributed by atoms with Crippen LogP contribution in [0.4, 0.5) is 10.2 Å². The highest BCUT2D eigenvalue weighted by Gasteiger charge is 2.24. The molecule has 1 amide bonds. The van der Waals surface area contributed by atoms with Gasteiger partial charge in [0.05, 0.1) is 11.2 Å². The lowest BCUT2D eigenvalue weighted by Gasteiger charge is -2.30. The van der Waals surface area contributed by atoms with Crippen LogP contribution >= 0.6 is 11.6 Å². The number of pyridine rings is 1. The van der Waals surface area contributed by atoms with Gasteiger partial charge in [0.15, 0.2) is 17.5 Å². The molecule has 1 saturated carbocycles. The molecule has 2 atom stereocenters. The summed E-state index contributed by atoms with van der Waals surface area (Å²) in [5.41, 5.74) is 1.36. The quantitative estimate of drug-likeness (QED) is 0.618. The van der Waals surface area contributed by atoms with Gasteiger partial charge in [0.2, 0.25) is 5.91 Å². The van der Waals surface area contributed by atoms with Crippen molar-refractivity contribution < 1.29 is 9.18 Å². The van der Waals surface area contributed by atoms with Crippen molar-refractivity contribution in [2.45, 2.75) is 44.7 Å². The van der Waals surface area contributed by atoms with Crippen molar-refractivity contribution in [2.24, 2.45) is 0 Å². The van der Waals surface area contributed by atoms with Crippen LogP contribution in [-0.2, 0) is 4.79 Å². The second-order valence-electron chi connectivity index (χ2n) is 7.05. The third-order valence-electron chi connectivity index (χ3n) is 4.91. The summed E-state index contributed by atoms with van der Waals surface area (Å²) in [4.78, 5) is 27.1. The molecule has 3 aromatic heterocycles. The van der Waals surface area contributed by atoms with E-state index in [0.717, 1.165) is 37.3 Å². The van der Waals surface area contributed by atoms with Gasteiger partial charge in [-0.1, -0.05) is 11.6 Å². The molecule has 3 heterocycles. The molecule has 0 unspecified atom stereocenters. The van der Waals surface area contributed by atoms with Gasteiger partial charge in [0.1, 0.15) is 5.65 Å². The first kappa shape index (κ1) is 18.6. The number of aromatic nitrogens is 4. The Kier molecular flexibility index (Phi) is 5.13. The zero-order chi connectivity index (χ0) is 19.7. The fourth-order valence-electron chi connectivity index (χ4n) is 3.69. The molecule has 0 saturated heterocycles. The second-order valence-corrected chi connectivity index (χ2v) is 7.48. The van der Waals surface area contributed by atoms with E-state index in [2.05, 4.69) is 30.6 Å². The Morgan fingerprint density at radius 3 is 2.93 bits per heavy atom. The first-order valence-corrected chi connectivity index (χ1v) is 9.56. The summed E-state index contributed by atoms with van der Waals surface area (Å²) in [5.74, 6) is -0.0228. The number of rotatable bonds is 4. The molecule has 28 heavy (non-hydrogen) atoms. The number of carbonyl (C=O) groups is 1. The summed E-state index contributed by atoms with van der Waals surface area (Å²) in [5, 5.41) is 7.40. The molecule has 0 aromatic carbocycles. The van der Waals surface area contributed by atoms with E-state index in [0.29, 0.717) is 22.1 Å². The van der Waals surface area contributed by atoms with E-state index < -0.39 is 5.82 Å². The lowest BCUT2D eigenvalue weighted by atomic mass is 9.91. The Bertz CT molecular complexity index is 1020. The molecule has 0 radical (unpaired) electrons. The number of hydrogen-bond acceptors (Lipinski definition) is 5. The maximum Gasteiger partial charge on any atom is 0.217 e. The smallest absolute Gasteiger partial charge is 0.217 e. The van der Waals surface area contributed by atoms with Crippen LogP contribution in [0.1, 0.15) is 32.6 Å². The predicted octanol–water partition coefficient (Wildman–Crippen LogP) is 3.67. The van der Waals surface area contributed by atoms with Crippen LogP contribution in [0.3, 0.4) is 0 Å². The van der Waals surface area contributed by atoms with Crippen molar-refractivity contribution in [3.63, 3.8) is 0 Å². The van der Waals surface area contributed by atoms with Gasteiger partial charge in [-0.15, -0.1) is 0 Å². The Morgan fingerprint density at radius 2 is 2.11 bits per heavy atom. The van der Waals surface area contributed by atoms with Gasteiger partial charge in [0, 0.05) is 42.4 Å². The summed E-state index contributed by atoms with van der Waals surface area (Å²) < 4.78 is 14.4. The number of hydrogen-bond donors (Lipinski definition) is 3. The molecular weight excluding hydrogens is 383 g/mol. The molecule has 146 valence electrons. The maximum absolute atomic E-state index is 14.4. The zero-order valence-electron chi connectivity index (χ0n) is 15.3. The summed E-state index contributed by atoms with van der Waals surface area (Å²) in [6.07, 6.45) is 7.95. The number of aromatic amines is 1. The number of anilines is 1. The van der Waals surface area contributed by atoms with Crippen molar-refractivity contribution >= 4 is 34.4 Å². The minimum absolute atomic E-state index is 0.0296. The molecule has 1 fully saturated rings. The fourth-order valence-corrected chi connectivity index (χ4v) is 3.85. The number of nitrogens with one attached hydrogen (secondary N) is 3. The Labute approximate surface area is 166 Å². The lowest BCUT2D eigenvalue weighted by Crippen LogP contribution is -2.41. The lowest BCUT2D eigenvalue weighted by molar-refractivity contribution is -0.119. The van der Waals surface area contributed by atoms with Crippen LogP contribution in [0.25, 0.3) is 22.4 Å². The van der Waals surface area contributed by atoms with Gasteiger partial charge in [-0.2, -0.15) is 0 Å². The van der Waals surface area contributed by atoms with Crippen molar-refractivity contribution in [1.29, 1.82) is 0 Å². The average molecular weight is 403 g/mol. The van der Waals surface area contributed by atoms with Crippen molar-refractivity contribution in [3.8, 4) is 11.4 Å². The van der Waals surface area contributed by atoms with Crippen LogP contribution in [0, 0.1) is 5.82 Å². The van der Waals surface area contributed by atoms with Gasteiger partial charge in [-0.25, -0.2) is 19.3 Å². The van der Waals surface area contributed by atoms with Gasteiger partial charge >= 0.3 is 0 Å². The van der Waals surface area contributed by atoms with Crippen molar-refractivity contribution in [3.05, 3.63) is 35.5 Å². The minimum Gasteiger partial charge on any atom is -0.365 e. The fraction of sp³-hybridized carbons (Fsp3) is 0.368. The van der Waals surface area contributed by atoms with Gasteiger partial charge in [-0.3, -0.25) is 4.79 Å². The van der Waals surface area contributed by atoms with E-state index in [1.807, 2.05) is 0 Å². The molecule has 3 N–H and O–H groups in total. The highest BCUT2D eigenvalue weighted by Crippen LogP contribution is 2.29. The van der Waals surface area contributed by atoms with Crippen molar-refractivity contribution in [2.75, 3.05) is 5.32 Å². The Hall–Kier alpha value is -2.74. The van der Waals surface area contributed by atoms with Crippen LogP contribution in [0.2, 0.25) is 5.02 Å². The number of amides is 1. The van der Waals surface area contributed by atoms with Crippen molar-refractivity contribution in [1.82, 2.24) is 25.3 Å². The van der Waals surface area contributed by atoms with Crippen LogP contribution in [-0.4, -0.2) is 37.9 Å². The number of nitrogens with zero attached hydrogens (tertiary/aromatic N) is 3. The Morgan fingerprint density at radius 1 is 1.29 bits per heavy atom. The van der Waals surface area contributed by atoms with Crippen LogP contribution in [0.15, 0.2) is 24.7 Å². The topological polar surface area (TPSA) is 95.6 Å². The van der Waals surface area contributed by atoms with E-state index in [1.54, 1.807) is 18.5 Å². The van der Waals surface area contributed by atoms with Gasteiger partial charge < -0.3 is 15.6 Å². The summed E-state index contributed by atoms with van der Waals surface area (Å²) in [6.45, 7) is 1.51. The van der Waals surface area contributed by atoms with E-state index in [4.69, 9.17) is 11.6 Å². The first-order valence-electron chi connectivity index (χ1n) is 9.19. The highest BCUT2D eigenvalue weighted by atomic mass is 35.5. The molecular formula is C19H20ClFN6O. The number of H-pyrrole nitrogens is 1. The average Bonchev–Trinajstić information content (AvgIpc) is 3.06. The summed E-state index contributed by atoms with van der Waals surface area (Å²) in [6, 6.07) is 1.89. The number of halogens is 2. The minimum atomic E-state index is -0.513. The van der Waals surface area contributed by atoms with Gasteiger partial charge in [0.25, 0.3) is 0 Å². The normalized spacial score (nSPS) is 19.5. The maximum atomic E-state index is 14.4. The standard InChI is InChI=1S/C19H20ClFN6O/c1-10(28)25-12-3-2-4-13(6-12)26-19-16(21)9-24-18(27-19)15-8-23-17-14(15)5-11(20)7-22-17/h5,7-9,12-13H,2-4,6H2,1H3,(H,22,23)(H,25,28)(H,24,26,27)/t12-,13+/m0/s1. The molecule has 7 nitrogen and oxygen atoms in total. The van der Waals surface area contributed by atoms with E-state index in [9.17, 15) is 9.18 Å². The zero-order valence-corrected chi connectivity index (χ0v) is 16.1. The third kappa shape index (κ3) is 3.91. The number of carbonyl (C=O) groups excluding carboxylic acids is 1. The molecule has 4 rings (SSSR count). The second kappa shape index (κ2) is 7.71. The molecule has 3 aromatic rings. The highest BCUT2D eigenvalue weighted by molar-refractivity contribution is 6.31. The summed E-state index contributed by atoms with van der Waals surface area (Å²) in [7, 11) is 0. The predicted molar refractivity (Wildman–Crippen MR) is 106 cm³/mol. The van der Waals surface area contributed by atoms with Crippen LogP contribution in [0.5, 0.6) is 0 Å². The Balaban J connectivity index is 1.59.